The van der Waals surface area contributed by atoms with Gasteiger partial charge in [0.15, 0.2) is 16.7 Å². The fourth-order valence-corrected chi connectivity index (χ4v) is 5.79. The molecule has 1 aliphatic carbocycles. The van der Waals surface area contributed by atoms with Gasteiger partial charge in [0.2, 0.25) is 5.91 Å². The molecule has 33 heavy (non-hydrogen) atoms. The van der Waals surface area contributed by atoms with Gasteiger partial charge in [-0.25, -0.2) is 0 Å². The number of hydrogen-bond donors (Lipinski definition) is 1. The smallest absolute Gasteiger partial charge is 0.237 e. The predicted molar refractivity (Wildman–Crippen MR) is 133 cm³/mol. The molecule has 1 N–H and O–H groups in total. The largest absolute Gasteiger partial charge is 0.493 e. The van der Waals surface area contributed by atoms with Gasteiger partial charge in [-0.2, -0.15) is 0 Å². The van der Waals surface area contributed by atoms with E-state index in [2.05, 4.69) is 37.6 Å². The molecule has 3 aromatic rings. The summed E-state index contributed by atoms with van der Waals surface area (Å²) in [4.78, 5) is 14.2. The first-order chi connectivity index (χ1) is 16.1. The molecule has 4 rings (SSSR count). The average Bonchev–Trinajstić information content (AvgIpc) is 3.49. The molecule has 0 aliphatic heterocycles. The first-order valence-electron chi connectivity index (χ1n) is 11.2. The first kappa shape index (κ1) is 23.6. The second kappa shape index (κ2) is 11.1. The van der Waals surface area contributed by atoms with E-state index in [0.29, 0.717) is 23.2 Å². The van der Waals surface area contributed by atoms with Crippen molar-refractivity contribution in [1.29, 1.82) is 0 Å². The number of rotatable bonds is 9. The van der Waals surface area contributed by atoms with E-state index in [9.17, 15) is 4.79 Å². The summed E-state index contributed by atoms with van der Waals surface area (Å²) < 4.78 is 12.9. The van der Waals surface area contributed by atoms with Crippen LogP contribution in [0.25, 0.3) is 0 Å². The molecule has 176 valence electrons. The summed E-state index contributed by atoms with van der Waals surface area (Å²) in [7, 11) is 3.16. The SMILES string of the molecule is COc1ccc(NC(=O)C(C)Sc2nnc(Cc3cccs3)n2C2CCCCC2)cc1OC. The first-order valence-corrected chi connectivity index (χ1v) is 13.0. The Morgan fingerprint density at radius 2 is 1.97 bits per heavy atom. The van der Waals surface area contributed by atoms with E-state index in [1.54, 1.807) is 43.8 Å². The molecular formula is C24H30N4O3S2. The van der Waals surface area contributed by atoms with Crippen LogP contribution in [-0.4, -0.2) is 40.1 Å². The van der Waals surface area contributed by atoms with Crippen LogP contribution in [0.4, 0.5) is 5.69 Å². The fraction of sp³-hybridized carbons (Fsp3) is 0.458. The second-order valence-electron chi connectivity index (χ2n) is 8.14. The van der Waals surface area contributed by atoms with Crippen molar-refractivity contribution in [2.24, 2.45) is 0 Å². The highest BCUT2D eigenvalue weighted by Crippen LogP contribution is 2.35. The van der Waals surface area contributed by atoms with E-state index in [4.69, 9.17) is 9.47 Å². The summed E-state index contributed by atoms with van der Waals surface area (Å²) >= 11 is 3.20. The van der Waals surface area contributed by atoms with Crippen molar-refractivity contribution < 1.29 is 14.3 Å². The number of amides is 1. The number of ether oxygens (including phenoxy) is 2. The molecule has 9 heteroatoms. The number of carbonyl (C=O) groups is 1. The number of thiophene rings is 1. The van der Waals surface area contributed by atoms with Gasteiger partial charge in [-0.05, 0) is 43.3 Å². The van der Waals surface area contributed by atoms with Crippen LogP contribution in [0, 0.1) is 0 Å². The lowest BCUT2D eigenvalue weighted by Crippen LogP contribution is -2.24. The van der Waals surface area contributed by atoms with Crippen molar-refractivity contribution in [3.8, 4) is 11.5 Å². The van der Waals surface area contributed by atoms with Crippen molar-refractivity contribution >= 4 is 34.7 Å². The van der Waals surface area contributed by atoms with Gasteiger partial charge in [0.1, 0.15) is 5.82 Å². The van der Waals surface area contributed by atoms with Gasteiger partial charge in [-0.15, -0.1) is 21.5 Å². The molecule has 1 amide bonds. The Labute approximate surface area is 202 Å². The van der Waals surface area contributed by atoms with E-state index >= 15 is 0 Å². The van der Waals surface area contributed by atoms with Crippen LogP contribution in [0.3, 0.4) is 0 Å². The van der Waals surface area contributed by atoms with Crippen LogP contribution in [0.15, 0.2) is 40.9 Å². The number of aromatic nitrogens is 3. The van der Waals surface area contributed by atoms with Crippen LogP contribution in [0.5, 0.6) is 11.5 Å². The van der Waals surface area contributed by atoms with E-state index in [-0.39, 0.29) is 11.2 Å². The zero-order valence-electron chi connectivity index (χ0n) is 19.2. The van der Waals surface area contributed by atoms with Crippen LogP contribution >= 0.6 is 23.1 Å². The third kappa shape index (κ3) is 5.70. The van der Waals surface area contributed by atoms with Crippen LogP contribution in [0.2, 0.25) is 0 Å². The molecule has 0 spiro atoms. The lowest BCUT2D eigenvalue weighted by molar-refractivity contribution is -0.115. The molecule has 1 saturated carbocycles. The molecule has 0 saturated heterocycles. The van der Waals surface area contributed by atoms with E-state index < -0.39 is 0 Å². The minimum atomic E-state index is -0.334. The highest BCUT2D eigenvalue weighted by atomic mass is 32.2. The second-order valence-corrected chi connectivity index (χ2v) is 10.5. The summed E-state index contributed by atoms with van der Waals surface area (Å²) in [5, 5.41) is 14.6. The maximum absolute atomic E-state index is 13.0. The van der Waals surface area contributed by atoms with E-state index in [1.807, 2.05) is 6.92 Å². The number of carbonyl (C=O) groups excluding carboxylic acids is 1. The Morgan fingerprint density at radius 1 is 1.18 bits per heavy atom. The van der Waals surface area contributed by atoms with Gasteiger partial charge >= 0.3 is 0 Å². The maximum atomic E-state index is 13.0. The highest BCUT2D eigenvalue weighted by Gasteiger charge is 2.26. The number of benzene rings is 1. The number of nitrogens with one attached hydrogen (secondary N) is 1. The number of thioether (sulfide) groups is 1. The fourth-order valence-electron chi connectivity index (χ4n) is 4.15. The molecule has 1 aromatic carbocycles. The van der Waals surface area contributed by atoms with Gasteiger partial charge in [-0.3, -0.25) is 4.79 Å². The molecule has 1 aliphatic rings. The van der Waals surface area contributed by atoms with Gasteiger partial charge in [0.05, 0.1) is 19.5 Å². The molecule has 7 nitrogen and oxygen atoms in total. The van der Waals surface area contributed by atoms with E-state index in [1.165, 1.54) is 35.9 Å². The molecule has 0 bridgehead atoms. The summed E-state index contributed by atoms with van der Waals surface area (Å²) in [6.45, 7) is 1.90. The average molecular weight is 487 g/mol. The number of nitrogens with zero attached hydrogens (tertiary/aromatic N) is 3. The van der Waals surface area contributed by atoms with Crippen LogP contribution in [0.1, 0.15) is 55.8 Å². The number of methoxy groups -OCH3 is 2. The molecular weight excluding hydrogens is 456 g/mol. The van der Waals surface area contributed by atoms with Gasteiger partial charge in [0, 0.05) is 29.1 Å². The summed E-state index contributed by atoms with van der Waals surface area (Å²) in [6, 6.07) is 9.95. The normalized spacial score (nSPS) is 15.2. The monoisotopic (exact) mass is 486 g/mol. The Balaban J connectivity index is 1.50. The van der Waals surface area contributed by atoms with Crippen LogP contribution < -0.4 is 14.8 Å². The Hall–Kier alpha value is -2.52. The van der Waals surface area contributed by atoms with Crippen molar-refractivity contribution in [3.63, 3.8) is 0 Å². The zero-order chi connectivity index (χ0) is 23.2. The molecule has 2 aromatic heterocycles. The Kier molecular flexibility index (Phi) is 7.93. The topological polar surface area (TPSA) is 78.3 Å². The molecule has 1 unspecified atom stereocenters. The van der Waals surface area contributed by atoms with Gasteiger partial charge < -0.3 is 19.4 Å². The third-order valence-electron chi connectivity index (χ3n) is 5.89. The quantitative estimate of drug-likeness (QED) is 0.398. The number of hydrogen-bond acceptors (Lipinski definition) is 7. The van der Waals surface area contributed by atoms with Crippen molar-refractivity contribution in [1.82, 2.24) is 14.8 Å². The maximum Gasteiger partial charge on any atom is 0.237 e. The van der Waals surface area contributed by atoms with Crippen molar-refractivity contribution in [2.75, 3.05) is 19.5 Å². The minimum Gasteiger partial charge on any atom is -0.493 e. The van der Waals surface area contributed by atoms with Gasteiger partial charge in [-0.1, -0.05) is 37.1 Å². The molecule has 0 radical (unpaired) electrons. The van der Waals surface area contributed by atoms with Gasteiger partial charge in [0.25, 0.3) is 0 Å². The Morgan fingerprint density at radius 3 is 2.67 bits per heavy atom. The Bertz CT molecular complexity index is 1060. The molecule has 2 heterocycles. The highest BCUT2D eigenvalue weighted by molar-refractivity contribution is 8.00. The van der Waals surface area contributed by atoms with E-state index in [0.717, 1.165) is 30.2 Å². The lowest BCUT2D eigenvalue weighted by Gasteiger charge is -2.26. The van der Waals surface area contributed by atoms with Crippen molar-refractivity contribution in [3.05, 3.63) is 46.4 Å². The zero-order valence-corrected chi connectivity index (χ0v) is 20.9. The molecule has 1 atom stereocenters. The standard InChI is InChI=1S/C24H30N4O3S2/c1-16(23(29)25-17-11-12-20(30-2)21(14-17)31-3)33-24-27-26-22(15-19-10-7-13-32-19)28(24)18-8-5-4-6-9-18/h7,10-14,16,18H,4-6,8-9,15H2,1-3H3,(H,25,29). The number of anilines is 1. The summed E-state index contributed by atoms with van der Waals surface area (Å²) in [6.07, 6.45) is 6.77. The minimum absolute atomic E-state index is 0.0924. The summed E-state index contributed by atoms with van der Waals surface area (Å²) in [5.74, 6) is 2.09. The van der Waals surface area contributed by atoms with Crippen molar-refractivity contribution in [2.45, 2.75) is 61.9 Å². The van der Waals surface area contributed by atoms with Crippen LogP contribution in [-0.2, 0) is 11.2 Å². The molecule has 1 fully saturated rings. The summed E-state index contributed by atoms with van der Waals surface area (Å²) in [5.41, 5.74) is 0.664. The predicted octanol–water partition coefficient (Wildman–Crippen LogP) is 5.57. The lowest BCUT2D eigenvalue weighted by atomic mass is 9.95. The third-order valence-corrected chi connectivity index (χ3v) is 7.82.